The second kappa shape index (κ2) is 6.61. The first-order valence-electron chi connectivity index (χ1n) is 5.88. The lowest BCUT2D eigenvalue weighted by atomic mass is 10.1. The Morgan fingerprint density at radius 2 is 2.22 bits per heavy atom. The summed E-state index contributed by atoms with van der Waals surface area (Å²) < 4.78 is 5.50. The molecule has 0 bridgehead atoms. The standard InChI is InChI=1S/C13H18ClNO3/c1-3-11(13(16)17)18-12-9(7-8(2)15)5-4-6-10(12)14/h4-6,8,11H,3,7,15H2,1-2H3,(H,16,17). The summed E-state index contributed by atoms with van der Waals surface area (Å²) >= 11 is 6.06. The molecular weight excluding hydrogens is 254 g/mol. The molecule has 3 N–H and O–H groups in total. The number of halogens is 1. The van der Waals surface area contributed by atoms with Gasteiger partial charge in [0, 0.05) is 6.04 Å². The highest BCUT2D eigenvalue weighted by Gasteiger charge is 2.20. The van der Waals surface area contributed by atoms with Crippen molar-refractivity contribution in [1.29, 1.82) is 0 Å². The Kier molecular flexibility index (Phi) is 5.44. The minimum atomic E-state index is -0.996. The fraction of sp³-hybridized carbons (Fsp3) is 0.462. The molecule has 1 aromatic rings. The van der Waals surface area contributed by atoms with Crippen LogP contribution < -0.4 is 10.5 Å². The van der Waals surface area contributed by atoms with Gasteiger partial charge in [0.15, 0.2) is 6.10 Å². The van der Waals surface area contributed by atoms with Gasteiger partial charge >= 0.3 is 5.97 Å². The number of carbonyl (C=O) groups is 1. The molecule has 0 fully saturated rings. The number of rotatable bonds is 6. The van der Waals surface area contributed by atoms with Crippen LogP contribution in [-0.2, 0) is 11.2 Å². The molecule has 0 saturated heterocycles. The Labute approximate surface area is 112 Å². The van der Waals surface area contributed by atoms with Crippen LogP contribution in [0.3, 0.4) is 0 Å². The third-order valence-corrected chi connectivity index (χ3v) is 2.79. The van der Waals surface area contributed by atoms with E-state index in [1.165, 1.54) is 0 Å². The van der Waals surface area contributed by atoms with Crippen molar-refractivity contribution in [3.8, 4) is 5.75 Å². The van der Waals surface area contributed by atoms with E-state index in [9.17, 15) is 4.79 Å². The molecule has 0 aliphatic heterocycles. The third-order valence-electron chi connectivity index (χ3n) is 2.50. The first kappa shape index (κ1) is 14.8. The van der Waals surface area contributed by atoms with E-state index in [0.717, 1.165) is 5.56 Å². The Balaban J connectivity index is 3.01. The number of ether oxygens (including phenoxy) is 1. The van der Waals surface area contributed by atoms with E-state index < -0.39 is 12.1 Å². The van der Waals surface area contributed by atoms with Crippen LogP contribution in [0.2, 0.25) is 5.02 Å². The van der Waals surface area contributed by atoms with Crippen molar-refractivity contribution in [2.24, 2.45) is 5.73 Å². The van der Waals surface area contributed by atoms with Gasteiger partial charge in [0.1, 0.15) is 5.75 Å². The number of benzene rings is 1. The summed E-state index contributed by atoms with van der Waals surface area (Å²) in [7, 11) is 0. The second-order valence-corrected chi connectivity index (χ2v) is 4.67. The van der Waals surface area contributed by atoms with E-state index in [1.54, 1.807) is 19.1 Å². The van der Waals surface area contributed by atoms with Crippen LogP contribution in [0, 0.1) is 0 Å². The maximum Gasteiger partial charge on any atom is 0.344 e. The average molecular weight is 272 g/mol. The molecule has 0 radical (unpaired) electrons. The van der Waals surface area contributed by atoms with Crippen molar-refractivity contribution in [1.82, 2.24) is 0 Å². The van der Waals surface area contributed by atoms with Gasteiger partial charge in [0.05, 0.1) is 5.02 Å². The number of aliphatic carboxylic acids is 1. The Hall–Kier alpha value is -1.26. The van der Waals surface area contributed by atoms with Gasteiger partial charge in [-0.3, -0.25) is 0 Å². The lowest BCUT2D eigenvalue weighted by Crippen LogP contribution is -2.27. The van der Waals surface area contributed by atoms with Crippen molar-refractivity contribution in [3.63, 3.8) is 0 Å². The minimum Gasteiger partial charge on any atom is -0.479 e. The zero-order valence-electron chi connectivity index (χ0n) is 10.5. The number of hydrogen-bond acceptors (Lipinski definition) is 3. The lowest BCUT2D eigenvalue weighted by Gasteiger charge is -2.18. The molecule has 0 amide bonds. The molecule has 0 spiro atoms. The fourth-order valence-electron chi connectivity index (χ4n) is 1.64. The first-order valence-corrected chi connectivity index (χ1v) is 6.26. The smallest absolute Gasteiger partial charge is 0.344 e. The zero-order chi connectivity index (χ0) is 13.7. The fourth-order valence-corrected chi connectivity index (χ4v) is 1.88. The van der Waals surface area contributed by atoms with Crippen LogP contribution >= 0.6 is 11.6 Å². The van der Waals surface area contributed by atoms with Gasteiger partial charge in [0.2, 0.25) is 0 Å². The van der Waals surface area contributed by atoms with Gasteiger partial charge in [-0.1, -0.05) is 30.7 Å². The second-order valence-electron chi connectivity index (χ2n) is 4.26. The van der Waals surface area contributed by atoms with Crippen molar-refractivity contribution >= 4 is 17.6 Å². The van der Waals surface area contributed by atoms with Gasteiger partial charge in [-0.05, 0) is 31.4 Å². The van der Waals surface area contributed by atoms with E-state index in [0.29, 0.717) is 23.6 Å². The van der Waals surface area contributed by atoms with E-state index >= 15 is 0 Å². The summed E-state index contributed by atoms with van der Waals surface area (Å²) in [5.41, 5.74) is 6.58. The van der Waals surface area contributed by atoms with Gasteiger partial charge in [-0.25, -0.2) is 4.79 Å². The largest absolute Gasteiger partial charge is 0.479 e. The maximum absolute atomic E-state index is 11.0. The molecule has 0 saturated carbocycles. The van der Waals surface area contributed by atoms with Crippen LogP contribution in [0.15, 0.2) is 18.2 Å². The molecular formula is C13H18ClNO3. The molecule has 0 aliphatic rings. The molecule has 1 rings (SSSR count). The highest BCUT2D eigenvalue weighted by atomic mass is 35.5. The minimum absolute atomic E-state index is 0.0456. The molecule has 5 heteroatoms. The monoisotopic (exact) mass is 271 g/mol. The summed E-state index contributed by atoms with van der Waals surface area (Å²) in [6, 6.07) is 5.28. The normalized spacial score (nSPS) is 14.0. The van der Waals surface area contributed by atoms with E-state index in [2.05, 4.69) is 0 Å². The van der Waals surface area contributed by atoms with Crippen LogP contribution in [-0.4, -0.2) is 23.2 Å². The Morgan fingerprint density at radius 1 is 1.56 bits per heavy atom. The van der Waals surface area contributed by atoms with Crippen molar-refractivity contribution in [3.05, 3.63) is 28.8 Å². The molecule has 2 unspecified atom stereocenters. The molecule has 0 aliphatic carbocycles. The third kappa shape index (κ3) is 3.89. The molecule has 1 aromatic carbocycles. The highest BCUT2D eigenvalue weighted by Crippen LogP contribution is 2.30. The first-order chi connectivity index (χ1) is 8.45. The number of para-hydroxylation sites is 1. The van der Waals surface area contributed by atoms with Crippen LogP contribution in [0.1, 0.15) is 25.8 Å². The predicted octanol–water partition coefficient (Wildman–Crippen LogP) is 2.47. The topological polar surface area (TPSA) is 72.5 Å². The van der Waals surface area contributed by atoms with Gasteiger partial charge in [0.25, 0.3) is 0 Å². The summed E-state index contributed by atoms with van der Waals surface area (Å²) in [4.78, 5) is 11.0. The molecule has 0 heterocycles. The van der Waals surface area contributed by atoms with Crippen molar-refractivity contribution < 1.29 is 14.6 Å². The van der Waals surface area contributed by atoms with E-state index in [-0.39, 0.29) is 6.04 Å². The Bertz CT molecular complexity index is 421. The SMILES string of the molecule is CCC(Oc1c(Cl)cccc1CC(C)N)C(=O)O. The average Bonchev–Trinajstić information content (AvgIpc) is 2.27. The van der Waals surface area contributed by atoms with E-state index in [4.69, 9.17) is 27.2 Å². The summed E-state index contributed by atoms with van der Waals surface area (Å²) in [6.07, 6.45) is 0.0705. The van der Waals surface area contributed by atoms with Crippen molar-refractivity contribution in [2.45, 2.75) is 38.8 Å². The summed E-state index contributed by atoms with van der Waals surface area (Å²) in [5, 5.41) is 9.42. The number of carboxylic acid groups (broad SMARTS) is 1. The van der Waals surface area contributed by atoms with Crippen LogP contribution in [0.25, 0.3) is 0 Å². The van der Waals surface area contributed by atoms with Gasteiger partial charge in [-0.2, -0.15) is 0 Å². The number of hydrogen-bond donors (Lipinski definition) is 2. The summed E-state index contributed by atoms with van der Waals surface area (Å²) in [5.74, 6) is -0.574. The maximum atomic E-state index is 11.0. The van der Waals surface area contributed by atoms with E-state index in [1.807, 2.05) is 13.0 Å². The molecule has 100 valence electrons. The zero-order valence-corrected chi connectivity index (χ0v) is 11.3. The Morgan fingerprint density at radius 3 is 2.72 bits per heavy atom. The number of carboxylic acids is 1. The summed E-state index contributed by atoms with van der Waals surface area (Å²) in [6.45, 7) is 3.63. The highest BCUT2D eigenvalue weighted by molar-refractivity contribution is 6.32. The predicted molar refractivity (Wildman–Crippen MR) is 71.1 cm³/mol. The molecule has 18 heavy (non-hydrogen) atoms. The quantitative estimate of drug-likeness (QED) is 0.834. The van der Waals surface area contributed by atoms with Crippen LogP contribution in [0.4, 0.5) is 0 Å². The van der Waals surface area contributed by atoms with Gasteiger partial charge < -0.3 is 15.6 Å². The van der Waals surface area contributed by atoms with Gasteiger partial charge in [-0.15, -0.1) is 0 Å². The molecule has 0 aromatic heterocycles. The van der Waals surface area contributed by atoms with Crippen molar-refractivity contribution in [2.75, 3.05) is 0 Å². The van der Waals surface area contributed by atoms with Crippen LogP contribution in [0.5, 0.6) is 5.75 Å². The molecule has 2 atom stereocenters. The lowest BCUT2D eigenvalue weighted by molar-refractivity contribution is -0.145. The molecule has 4 nitrogen and oxygen atoms in total. The number of nitrogens with two attached hydrogens (primary N) is 1.